The summed E-state index contributed by atoms with van der Waals surface area (Å²) in [5.41, 5.74) is 0.394. The van der Waals surface area contributed by atoms with Crippen LogP contribution in [0, 0.1) is 0 Å². The minimum absolute atomic E-state index is 0.394. The number of hydrogen-bond acceptors (Lipinski definition) is 4. The van der Waals surface area contributed by atoms with Crippen molar-refractivity contribution >= 4 is 18.5 Å². The molecule has 1 aromatic carbocycles. The summed E-state index contributed by atoms with van der Waals surface area (Å²) in [6.45, 7) is 0. The van der Waals surface area contributed by atoms with Crippen LogP contribution in [-0.4, -0.2) is 18.5 Å². The van der Waals surface area contributed by atoms with Gasteiger partial charge in [0, 0.05) is 0 Å². The van der Waals surface area contributed by atoms with Crippen LogP contribution >= 0.6 is 0 Å². The summed E-state index contributed by atoms with van der Waals surface area (Å²) in [6.07, 6.45) is 1.29. The lowest BCUT2D eigenvalue weighted by atomic mass is 10.2. The molecule has 0 aliphatic carbocycles. The minimum Gasteiger partial charge on any atom is -0.313 e. The van der Waals surface area contributed by atoms with E-state index in [9.17, 15) is 9.59 Å². The first kappa shape index (κ1) is 9.12. The minimum atomic E-state index is -0.585. The first-order chi connectivity index (χ1) is 6.34. The molecule has 0 heterocycles. The quantitative estimate of drug-likeness (QED) is 0.300. The van der Waals surface area contributed by atoms with E-state index >= 15 is 0 Å². The van der Waals surface area contributed by atoms with Gasteiger partial charge in [-0.25, -0.2) is 4.79 Å². The van der Waals surface area contributed by atoms with E-state index in [-0.39, 0.29) is 0 Å². The average Bonchev–Trinajstić information content (AvgIpc) is 2.19. The first-order valence-electron chi connectivity index (χ1n) is 3.58. The van der Waals surface area contributed by atoms with Crippen molar-refractivity contribution in [3.05, 3.63) is 35.9 Å². The second kappa shape index (κ2) is 4.82. The average molecular weight is 177 g/mol. The monoisotopic (exact) mass is 177 g/mol. The van der Waals surface area contributed by atoms with Crippen LogP contribution in [0.1, 0.15) is 10.4 Å². The molecule has 0 N–H and O–H groups in total. The van der Waals surface area contributed by atoms with Crippen molar-refractivity contribution in [2.24, 2.45) is 5.16 Å². The Hall–Kier alpha value is -1.97. The largest absolute Gasteiger partial charge is 0.365 e. The summed E-state index contributed by atoms with van der Waals surface area (Å²) in [7, 11) is 0. The Balaban J connectivity index is 2.59. The highest BCUT2D eigenvalue weighted by Gasteiger charge is 2.03. The molecule has 0 atom stereocenters. The molecule has 0 unspecified atom stereocenters. The van der Waals surface area contributed by atoms with E-state index in [1.807, 2.05) is 0 Å². The Kier molecular flexibility index (Phi) is 3.38. The third-order valence-corrected chi connectivity index (χ3v) is 1.27. The van der Waals surface area contributed by atoms with Crippen molar-refractivity contribution in [2.75, 3.05) is 0 Å². The second-order valence-electron chi connectivity index (χ2n) is 2.14. The maximum atomic E-state index is 11.1. The summed E-state index contributed by atoms with van der Waals surface area (Å²) >= 11 is 0. The van der Waals surface area contributed by atoms with E-state index in [1.54, 1.807) is 30.3 Å². The SMILES string of the molecule is O=CC=NOC(=O)c1ccccc1. The molecule has 66 valence electrons. The van der Waals surface area contributed by atoms with Crippen LogP contribution in [-0.2, 0) is 9.63 Å². The summed E-state index contributed by atoms with van der Waals surface area (Å²) in [4.78, 5) is 25.2. The van der Waals surface area contributed by atoms with Gasteiger partial charge < -0.3 is 4.84 Å². The van der Waals surface area contributed by atoms with E-state index < -0.39 is 5.97 Å². The number of oxime groups is 1. The molecule has 0 saturated heterocycles. The summed E-state index contributed by atoms with van der Waals surface area (Å²) in [5, 5.41) is 3.12. The molecule has 0 bridgehead atoms. The van der Waals surface area contributed by atoms with Gasteiger partial charge in [-0.05, 0) is 12.1 Å². The molecule has 1 rings (SSSR count). The fourth-order valence-corrected chi connectivity index (χ4v) is 0.730. The van der Waals surface area contributed by atoms with Crippen LogP contribution in [0.4, 0.5) is 0 Å². The number of carbonyl (C=O) groups is 2. The fraction of sp³-hybridized carbons (Fsp3) is 0. The van der Waals surface area contributed by atoms with Gasteiger partial charge in [0.2, 0.25) is 0 Å². The zero-order valence-electron chi connectivity index (χ0n) is 6.71. The molecule has 0 aromatic heterocycles. The van der Waals surface area contributed by atoms with Crippen LogP contribution in [0.25, 0.3) is 0 Å². The Morgan fingerprint density at radius 2 is 2.00 bits per heavy atom. The van der Waals surface area contributed by atoms with Crippen molar-refractivity contribution in [3.63, 3.8) is 0 Å². The van der Waals surface area contributed by atoms with Crippen LogP contribution in [0.15, 0.2) is 35.5 Å². The standard InChI is InChI=1S/C9H7NO3/c11-7-6-10-13-9(12)8-4-2-1-3-5-8/h1-7H. The number of aldehydes is 1. The van der Waals surface area contributed by atoms with Crippen molar-refractivity contribution in [2.45, 2.75) is 0 Å². The topological polar surface area (TPSA) is 55.7 Å². The normalized spacial score (nSPS) is 9.85. The molecule has 0 aliphatic heterocycles. The van der Waals surface area contributed by atoms with E-state index in [4.69, 9.17) is 0 Å². The maximum absolute atomic E-state index is 11.1. The lowest BCUT2D eigenvalue weighted by Gasteiger charge is -1.94. The number of carbonyl (C=O) groups excluding carboxylic acids is 2. The van der Waals surface area contributed by atoms with Gasteiger partial charge in [0.15, 0.2) is 6.29 Å². The van der Waals surface area contributed by atoms with Gasteiger partial charge in [-0.3, -0.25) is 4.79 Å². The van der Waals surface area contributed by atoms with Crippen molar-refractivity contribution < 1.29 is 14.4 Å². The fourth-order valence-electron chi connectivity index (χ4n) is 0.730. The first-order valence-corrected chi connectivity index (χ1v) is 3.58. The third-order valence-electron chi connectivity index (χ3n) is 1.27. The highest BCUT2D eigenvalue weighted by atomic mass is 16.7. The summed E-state index contributed by atoms with van der Waals surface area (Å²) in [5.74, 6) is -0.585. The Bertz CT molecular complexity index is 319. The molecule has 0 spiro atoms. The van der Waals surface area contributed by atoms with Crippen molar-refractivity contribution in [1.82, 2.24) is 0 Å². The molecule has 1 aromatic rings. The predicted octanol–water partition coefficient (Wildman–Crippen LogP) is 1.03. The van der Waals surface area contributed by atoms with E-state index in [1.165, 1.54) is 0 Å². The lowest BCUT2D eigenvalue weighted by Crippen LogP contribution is -2.00. The third kappa shape index (κ3) is 2.86. The number of benzene rings is 1. The van der Waals surface area contributed by atoms with Crippen molar-refractivity contribution in [3.8, 4) is 0 Å². The second-order valence-corrected chi connectivity index (χ2v) is 2.14. The maximum Gasteiger partial charge on any atom is 0.365 e. The molecular weight excluding hydrogens is 170 g/mol. The van der Waals surface area contributed by atoms with Gasteiger partial charge in [0.05, 0.1) is 5.56 Å². The molecule has 0 saturated carbocycles. The van der Waals surface area contributed by atoms with Crippen LogP contribution in [0.5, 0.6) is 0 Å². The van der Waals surface area contributed by atoms with Gasteiger partial charge >= 0.3 is 5.97 Å². The highest BCUT2D eigenvalue weighted by molar-refractivity contribution is 6.12. The molecule has 4 heteroatoms. The Labute approximate surface area is 74.8 Å². The van der Waals surface area contributed by atoms with Gasteiger partial charge in [-0.1, -0.05) is 23.4 Å². The molecular formula is C9H7NO3. The lowest BCUT2D eigenvalue weighted by molar-refractivity contribution is -0.102. The number of hydrogen-bond donors (Lipinski definition) is 0. The van der Waals surface area contributed by atoms with Crippen LogP contribution < -0.4 is 0 Å². The van der Waals surface area contributed by atoms with E-state index in [0.29, 0.717) is 11.8 Å². The predicted molar refractivity (Wildman–Crippen MR) is 46.4 cm³/mol. The molecule has 13 heavy (non-hydrogen) atoms. The van der Waals surface area contributed by atoms with E-state index in [0.717, 1.165) is 6.21 Å². The molecule has 0 amide bonds. The highest BCUT2D eigenvalue weighted by Crippen LogP contribution is 2.00. The molecule has 0 aliphatic rings. The summed E-state index contributed by atoms with van der Waals surface area (Å²) in [6, 6.07) is 8.39. The van der Waals surface area contributed by atoms with Gasteiger partial charge in [0.25, 0.3) is 0 Å². The molecule has 0 fully saturated rings. The summed E-state index contributed by atoms with van der Waals surface area (Å²) < 4.78 is 0. The van der Waals surface area contributed by atoms with Gasteiger partial charge in [-0.2, -0.15) is 0 Å². The van der Waals surface area contributed by atoms with Crippen LogP contribution in [0.3, 0.4) is 0 Å². The zero-order chi connectivity index (χ0) is 9.52. The number of nitrogens with zero attached hydrogens (tertiary/aromatic N) is 1. The smallest absolute Gasteiger partial charge is 0.313 e. The van der Waals surface area contributed by atoms with Crippen LogP contribution in [0.2, 0.25) is 0 Å². The van der Waals surface area contributed by atoms with Crippen molar-refractivity contribution in [1.29, 1.82) is 0 Å². The zero-order valence-corrected chi connectivity index (χ0v) is 6.71. The number of rotatable bonds is 3. The Morgan fingerprint density at radius 1 is 1.31 bits per heavy atom. The Morgan fingerprint density at radius 3 is 2.62 bits per heavy atom. The van der Waals surface area contributed by atoms with Gasteiger partial charge in [-0.15, -0.1) is 0 Å². The molecule has 0 radical (unpaired) electrons. The molecule has 4 nitrogen and oxygen atoms in total. The van der Waals surface area contributed by atoms with Gasteiger partial charge in [0.1, 0.15) is 6.21 Å². The van der Waals surface area contributed by atoms with E-state index in [2.05, 4.69) is 9.99 Å².